The summed E-state index contributed by atoms with van der Waals surface area (Å²) >= 11 is 0. The van der Waals surface area contributed by atoms with Crippen LogP contribution in [0.2, 0.25) is 0 Å². The first-order valence-corrected chi connectivity index (χ1v) is 7.46. The SMILES string of the molecule is CCCCN(C)C(=O)c1c(C)nc2c(OCC)cccn12. The van der Waals surface area contributed by atoms with Gasteiger partial charge in [0, 0.05) is 19.8 Å². The number of imidazole rings is 1. The van der Waals surface area contributed by atoms with Crippen molar-refractivity contribution in [2.24, 2.45) is 0 Å². The van der Waals surface area contributed by atoms with Crippen molar-refractivity contribution in [2.75, 3.05) is 20.2 Å². The third kappa shape index (κ3) is 3.01. The second-order valence-corrected chi connectivity index (χ2v) is 5.13. The molecule has 0 atom stereocenters. The Bertz CT molecular complexity index is 634. The van der Waals surface area contributed by atoms with Crippen molar-refractivity contribution in [3.05, 3.63) is 29.7 Å². The monoisotopic (exact) mass is 289 g/mol. The Hall–Kier alpha value is -2.04. The van der Waals surface area contributed by atoms with Gasteiger partial charge in [0.05, 0.1) is 12.3 Å². The Morgan fingerprint density at radius 1 is 1.43 bits per heavy atom. The molecular formula is C16H23N3O2. The summed E-state index contributed by atoms with van der Waals surface area (Å²) in [6.45, 7) is 7.25. The lowest BCUT2D eigenvalue weighted by molar-refractivity contribution is 0.0785. The molecule has 0 aliphatic carbocycles. The number of fused-ring (bicyclic) bond motifs is 1. The summed E-state index contributed by atoms with van der Waals surface area (Å²) in [6.07, 6.45) is 3.93. The zero-order chi connectivity index (χ0) is 15.4. The van der Waals surface area contributed by atoms with Crippen molar-refractivity contribution in [3.8, 4) is 5.75 Å². The summed E-state index contributed by atoms with van der Waals surface area (Å²) in [4.78, 5) is 18.9. The van der Waals surface area contributed by atoms with Crippen LogP contribution in [-0.4, -0.2) is 40.4 Å². The molecule has 0 aliphatic heterocycles. The van der Waals surface area contributed by atoms with E-state index in [-0.39, 0.29) is 5.91 Å². The molecule has 0 unspecified atom stereocenters. The highest BCUT2D eigenvalue weighted by molar-refractivity contribution is 5.94. The van der Waals surface area contributed by atoms with Gasteiger partial charge in [-0.2, -0.15) is 0 Å². The number of carbonyl (C=O) groups excluding carboxylic acids is 1. The highest BCUT2D eigenvalue weighted by Gasteiger charge is 2.21. The molecule has 2 rings (SSSR count). The van der Waals surface area contributed by atoms with Gasteiger partial charge in [-0.15, -0.1) is 0 Å². The molecule has 2 aromatic heterocycles. The van der Waals surface area contributed by atoms with Gasteiger partial charge in [-0.1, -0.05) is 13.3 Å². The van der Waals surface area contributed by atoms with E-state index in [1.807, 2.05) is 43.6 Å². The molecule has 21 heavy (non-hydrogen) atoms. The highest BCUT2D eigenvalue weighted by atomic mass is 16.5. The first-order valence-electron chi connectivity index (χ1n) is 7.46. The quantitative estimate of drug-likeness (QED) is 0.821. The third-order valence-electron chi connectivity index (χ3n) is 3.48. The summed E-state index contributed by atoms with van der Waals surface area (Å²) < 4.78 is 7.41. The topological polar surface area (TPSA) is 46.8 Å². The minimum absolute atomic E-state index is 0.00194. The summed E-state index contributed by atoms with van der Waals surface area (Å²) in [5.74, 6) is 0.709. The molecule has 0 N–H and O–H groups in total. The Morgan fingerprint density at radius 3 is 2.86 bits per heavy atom. The van der Waals surface area contributed by atoms with E-state index in [1.54, 1.807) is 4.90 Å². The number of hydrogen-bond acceptors (Lipinski definition) is 3. The van der Waals surface area contributed by atoms with Gasteiger partial charge in [-0.05, 0) is 32.4 Å². The Labute approximate surface area is 125 Å². The predicted molar refractivity (Wildman–Crippen MR) is 83.0 cm³/mol. The average molecular weight is 289 g/mol. The second kappa shape index (κ2) is 6.61. The number of rotatable bonds is 6. The normalized spacial score (nSPS) is 10.9. The van der Waals surface area contributed by atoms with E-state index in [0.717, 1.165) is 25.1 Å². The van der Waals surface area contributed by atoms with Crippen LogP contribution in [0.3, 0.4) is 0 Å². The lowest BCUT2D eigenvalue weighted by Gasteiger charge is -2.17. The minimum Gasteiger partial charge on any atom is -0.490 e. The average Bonchev–Trinajstić information content (AvgIpc) is 2.81. The molecule has 0 spiro atoms. The fourth-order valence-electron chi connectivity index (χ4n) is 2.36. The molecule has 0 radical (unpaired) electrons. The highest BCUT2D eigenvalue weighted by Crippen LogP contribution is 2.22. The van der Waals surface area contributed by atoms with Crippen LogP contribution in [0.25, 0.3) is 5.65 Å². The van der Waals surface area contributed by atoms with Crippen molar-refractivity contribution in [2.45, 2.75) is 33.6 Å². The van der Waals surface area contributed by atoms with E-state index in [2.05, 4.69) is 11.9 Å². The van der Waals surface area contributed by atoms with Crippen molar-refractivity contribution < 1.29 is 9.53 Å². The van der Waals surface area contributed by atoms with Crippen molar-refractivity contribution in [1.29, 1.82) is 0 Å². The van der Waals surface area contributed by atoms with E-state index < -0.39 is 0 Å². The van der Waals surface area contributed by atoms with Crippen LogP contribution in [0.5, 0.6) is 5.75 Å². The van der Waals surface area contributed by atoms with Crippen molar-refractivity contribution in [1.82, 2.24) is 14.3 Å². The Kier molecular flexibility index (Phi) is 4.83. The molecule has 2 aromatic rings. The van der Waals surface area contributed by atoms with E-state index in [0.29, 0.717) is 23.7 Å². The van der Waals surface area contributed by atoms with Crippen LogP contribution in [0, 0.1) is 6.92 Å². The second-order valence-electron chi connectivity index (χ2n) is 5.13. The minimum atomic E-state index is 0.00194. The summed E-state index contributed by atoms with van der Waals surface area (Å²) in [6, 6.07) is 3.75. The fourth-order valence-corrected chi connectivity index (χ4v) is 2.36. The van der Waals surface area contributed by atoms with Gasteiger partial charge in [0.25, 0.3) is 5.91 Å². The Balaban J connectivity index is 2.42. The maximum Gasteiger partial charge on any atom is 0.272 e. The molecule has 0 aliphatic rings. The smallest absolute Gasteiger partial charge is 0.272 e. The maximum atomic E-state index is 12.6. The summed E-state index contributed by atoms with van der Waals surface area (Å²) in [5, 5.41) is 0. The molecule has 0 fully saturated rings. The van der Waals surface area contributed by atoms with E-state index >= 15 is 0 Å². The standard InChI is InChI=1S/C16H23N3O2/c1-5-7-10-18(4)16(20)14-12(3)17-15-13(21-6-2)9-8-11-19(14)15/h8-9,11H,5-7,10H2,1-4H3. The number of amides is 1. The third-order valence-corrected chi connectivity index (χ3v) is 3.48. The molecule has 2 heterocycles. The molecular weight excluding hydrogens is 266 g/mol. The van der Waals surface area contributed by atoms with Gasteiger partial charge in [0.15, 0.2) is 11.4 Å². The number of aryl methyl sites for hydroxylation is 1. The van der Waals surface area contributed by atoms with E-state index in [9.17, 15) is 4.79 Å². The first kappa shape index (κ1) is 15.4. The van der Waals surface area contributed by atoms with Crippen molar-refractivity contribution in [3.63, 3.8) is 0 Å². The zero-order valence-corrected chi connectivity index (χ0v) is 13.2. The van der Waals surface area contributed by atoms with Crippen LogP contribution in [0.15, 0.2) is 18.3 Å². The number of nitrogens with zero attached hydrogens (tertiary/aromatic N) is 3. The predicted octanol–water partition coefficient (Wildman–Crippen LogP) is 2.91. The van der Waals surface area contributed by atoms with Crippen LogP contribution in [0.4, 0.5) is 0 Å². The molecule has 0 bridgehead atoms. The van der Waals surface area contributed by atoms with Crippen LogP contribution < -0.4 is 4.74 Å². The van der Waals surface area contributed by atoms with Gasteiger partial charge in [-0.3, -0.25) is 9.20 Å². The molecule has 5 nitrogen and oxygen atoms in total. The molecule has 0 aromatic carbocycles. The zero-order valence-electron chi connectivity index (χ0n) is 13.2. The van der Waals surface area contributed by atoms with E-state index in [1.165, 1.54) is 0 Å². The van der Waals surface area contributed by atoms with Gasteiger partial charge >= 0.3 is 0 Å². The summed E-state index contributed by atoms with van der Waals surface area (Å²) in [7, 11) is 1.84. The van der Waals surface area contributed by atoms with Gasteiger partial charge in [-0.25, -0.2) is 4.98 Å². The van der Waals surface area contributed by atoms with Crippen molar-refractivity contribution >= 4 is 11.6 Å². The van der Waals surface area contributed by atoms with Crippen LogP contribution >= 0.6 is 0 Å². The van der Waals surface area contributed by atoms with E-state index in [4.69, 9.17) is 4.74 Å². The van der Waals surface area contributed by atoms with Crippen LogP contribution in [-0.2, 0) is 0 Å². The number of pyridine rings is 1. The number of hydrogen-bond donors (Lipinski definition) is 0. The Morgan fingerprint density at radius 2 is 2.19 bits per heavy atom. The number of aromatic nitrogens is 2. The molecule has 0 saturated heterocycles. The van der Waals surface area contributed by atoms with Gasteiger partial charge < -0.3 is 9.64 Å². The summed E-state index contributed by atoms with van der Waals surface area (Å²) in [5.41, 5.74) is 2.05. The first-order chi connectivity index (χ1) is 10.1. The number of carbonyl (C=O) groups is 1. The van der Waals surface area contributed by atoms with Gasteiger partial charge in [0.2, 0.25) is 0 Å². The lowest BCUT2D eigenvalue weighted by atomic mass is 10.2. The number of unbranched alkanes of at least 4 members (excludes halogenated alkanes) is 1. The largest absolute Gasteiger partial charge is 0.490 e. The molecule has 0 saturated carbocycles. The molecule has 5 heteroatoms. The van der Waals surface area contributed by atoms with Crippen LogP contribution in [0.1, 0.15) is 42.9 Å². The number of ether oxygens (including phenoxy) is 1. The maximum absolute atomic E-state index is 12.6. The fraction of sp³-hybridized carbons (Fsp3) is 0.500. The molecule has 114 valence electrons. The molecule has 1 amide bonds. The lowest BCUT2D eigenvalue weighted by Crippen LogP contribution is -2.29. The van der Waals surface area contributed by atoms with Gasteiger partial charge in [0.1, 0.15) is 5.69 Å².